The van der Waals surface area contributed by atoms with Crippen molar-refractivity contribution in [2.24, 2.45) is 0 Å². The highest BCUT2D eigenvalue weighted by atomic mass is 35.5. The lowest BCUT2D eigenvalue weighted by molar-refractivity contribution is 0.0683. The predicted octanol–water partition coefficient (Wildman–Crippen LogP) is 2.29. The number of aromatic nitrogens is 2. The predicted molar refractivity (Wildman–Crippen MR) is 56.2 cm³/mol. The van der Waals surface area contributed by atoms with E-state index in [2.05, 4.69) is 9.97 Å². The Morgan fingerprint density at radius 3 is 2.80 bits per heavy atom. The van der Waals surface area contributed by atoms with E-state index in [9.17, 15) is 4.79 Å². The molecule has 0 fully saturated rings. The molecule has 76 valence electrons. The number of hydrogen-bond donors (Lipinski definition) is 1. The Hall–Kier alpha value is -1.68. The van der Waals surface area contributed by atoms with E-state index in [4.69, 9.17) is 16.7 Å². The second-order valence-electron chi connectivity index (χ2n) is 3.10. The fourth-order valence-corrected chi connectivity index (χ4v) is 1.52. The molecule has 1 aromatic carbocycles. The average molecular weight is 223 g/mol. The van der Waals surface area contributed by atoms with Crippen LogP contribution >= 0.6 is 11.6 Å². The van der Waals surface area contributed by atoms with Crippen LogP contribution in [-0.2, 0) is 0 Å². The molecule has 0 saturated heterocycles. The summed E-state index contributed by atoms with van der Waals surface area (Å²) in [6.45, 7) is 1.73. The van der Waals surface area contributed by atoms with Crippen LogP contribution in [0.15, 0.2) is 18.2 Å². The minimum absolute atomic E-state index is 0.192. The molecular weight excluding hydrogens is 216 g/mol. The largest absolute Gasteiger partial charge is 0.475 e. The lowest BCUT2D eigenvalue weighted by Crippen LogP contribution is -2.05. The summed E-state index contributed by atoms with van der Waals surface area (Å²) in [5.41, 5.74) is 1.20. The molecule has 0 saturated carbocycles. The second kappa shape index (κ2) is 3.47. The number of fused-ring (bicyclic) bond motifs is 1. The number of hydrogen-bond acceptors (Lipinski definition) is 3. The van der Waals surface area contributed by atoms with E-state index >= 15 is 0 Å². The molecule has 0 unspecified atom stereocenters. The van der Waals surface area contributed by atoms with Gasteiger partial charge in [0.2, 0.25) is 5.82 Å². The molecule has 0 amide bonds. The van der Waals surface area contributed by atoms with Crippen LogP contribution in [0.5, 0.6) is 0 Å². The normalized spacial score (nSPS) is 10.5. The fourth-order valence-electron chi connectivity index (χ4n) is 1.35. The number of rotatable bonds is 1. The summed E-state index contributed by atoms with van der Waals surface area (Å²) in [5, 5.41) is 10.1. The third-order valence-corrected chi connectivity index (χ3v) is 2.27. The fraction of sp³-hybridized carbons (Fsp3) is 0.100. The van der Waals surface area contributed by atoms with Crippen molar-refractivity contribution in [3.63, 3.8) is 0 Å². The molecule has 0 radical (unpaired) electrons. The van der Waals surface area contributed by atoms with Gasteiger partial charge in [-0.25, -0.2) is 14.8 Å². The zero-order valence-electron chi connectivity index (χ0n) is 7.86. The smallest absolute Gasteiger partial charge is 0.373 e. The van der Waals surface area contributed by atoms with Crippen molar-refractivity contribution in [3.05, 3.63) is 34.7 Å². The van der Waals surface area contributed by atoms with Gasteiger partial charge in [0, 0.05) is 16.1 Å². The first kappa shape index (κ1) is 9.86. The maximum atomic E-state index is 10.7. The minimum atomic E-state index is -1.13. The first-order chi connectivity index (χ1) is 7.08. The highest BCUT2D eigenvalue weighted by Crippen LogP contribution is 2.19. The van der Waals surface area contributed by atoms with Gasteiger partial charge in [0.05, 0.1) is 5.52 Å². The molecule has 2 aromatic rings. The summed E-state index contributed by atoms with van der Waals surface area (Å²) in [7, 11) is 0. The first-order valence-electron chi connectivity index (χ1n) is 4.25. The molecule has 15 heavy (non-hydrogen) atoms. The van der Waals surface area contributed by atoms with Crippen LogP contribution in [-0.4, -0.2) is 21.0 Å². The van der Waals surface area contributed by atoms with Crippen molar-refractivity contribution in [1.29, 1.82) is 0 Å². The summed E-state index contributed by atoms with van der Waals surface area (Å²) in [4.78, 5) is 18.5. The molecule has 4 nitrogen and oxygen atoms in total. The van der Waals surface area contributed by atoms with Crippen molar-refractivity contribution in [2.75, 3.05) is 0 Å². The number of aromatic carboxylic acids is 1. The summed E-state index contributed by atoms with van der Waals surface area (Å²) in [6.07, 6.45) is 0. The molecule has 0 spiro atoms. The van der Waals surface area contributed by atoms with Crippen LogP contribution in [0.2, 0.25) is 5.02 Å². The Bertz CT molecular complexity index is 554. The van der Waals surface area contributed by atoms with Crippen molar-refractivity contribution in [3.8, 4) is 0 Å². The number of nitrogens with zero attached hydrogens (tertiary/aromatic N) is 2. The Labute approximate surface area is 90.5 Å². The van der Waals surface area contributed by atoms with E-state index in [1.807, 2.05) is 0 Å². The van der Waals surface area contributed by atoms with E-state index in [0.717, 1.165) is 5.39 Å². The van der Waals surface area contributed by atoms with Gasteiger partial charge in [-0.05, 0) is 25.1 Å². The van der Waals surface area contributed by atoms with Crippen molar-refractivity contribution >= 4 is 28.5 Å². The van der Waals surface area contributed by atoms with Gasteiger partial charge in [-0.15, -0.1) is 0 Å². The van der Waals surface area contributed by atoms with Gasteiger partial charge in [0.1, 0.15) is 0 Å². The number of carboxylic acids is 1. The summed E-state index contributed by atoms with van der Waals surface area (Å²) >= 11 is 5.82. The molecule has 0 atom stereocenters. The highest BCUT2D eigenvalue weighted by molar-refractivity contribution is 6.31. The summed E-state index contributed by atoms with van der Waals surface area (Å²) in [6, 6.07) is 5.07. The topological polar surface area (TPSA) is 63.1 Å². The third-order valence-electron chi connectivity index (χ3n) is 2.04. The second-order valence-corrected chi connectivity index (χ2v) is 3.54. The van der Waals surface area contributed by atoms with Gasteiger partial charge >= 0.3 is 5.97 Å². The molecule has 0 bridgehead atoms. The molecule has 0 aliphatic rings. The molecule has 5 heteroatoms. The first-order valence-corrected chi connectivity index (χ1v) is 4.63. The number of carboxylic acid groups (broad SMARTS) is 1. The van der Waals surface area contributed by atoms with E-state index in [1.165, 1.54) is 0 Å². The van der Waals surface area contributed by atoms with Gasteiger partial charge in [-0.1, -0.05) is 11.6 Å². The maximum absolute atomic E-state index is 10.7. The van der Waals surface area contributed by atoms with Crippen LogP contribution in [0.25, 0.3) is 10.9 Å². The van der Waals surface area contributed by atoms with E-state index in [0.29, 0.717) is 16.2 Å². The Kier molecular flexibility index (Phi) is 2.28. The van der Waals surface area contributed by atoms with Gasteiger partial charge < -0.3 is 5.11 Å². The highest BCUT2D eigenvalue weighted by Gasteiger charge is 2.10. The van der Waals surface area contributed by atoms with Gasteiger partial charge in [-0.2, -0.15) is 0 Å². The monoisotopic (exact) mass is 222 g/mol. The molecule has 0 aliphatic carbocycles. The Balaban J connectivity index is 2.78. The average Bonchev–Trinajstić information content (AvgIpc) is 2.18. The number of carbonyl (C=O) groups is 1. The number of halogens is 1. The lowest BCUT2D eigenvalue weighted by Gasteiger charge is -2.02. The van der Waals surface area contributed by atoms with Crippen molar-refractivity contribution in [1.82, 2.24) is 9.97 Å². The number of benzene rings is 1. The zero-order valence-corrected chi connectivity index (χ0v) is 8.62. The molecular formula is C10H7ClN2O2. The van der Waals surface area contributed by atoms with Crippen LogP contribution in [0.3, 0.4) is 0 Å². The summed E-state index contributed by atoms with van der Waals surface area (Å²) < 4.78 is 0. The van der Waals surface area contributed by atoms with Crippen LogP contribution in [0, 0.1) is 6.92 Å². The van der Waals surface area contributed by atoms with E-state index in [1.54, 1.807) is 25.1 Å². The van der Waals surface area contributed by atoms with Crippen LogP contribution in [0.4, 0.5) is 0 Å². The maximum Gasteiger partial charge on any atom is 0.373 e. The quantitative estimate of drug-likeness (QED) is 0.804. The minimum Gasteiger partial charge on any atom is -0.475 e. The van der Waals surface area contributed by atoms with E-state index in [-0.39, 0.29) is 5.82 Å². The summed E-state index contributed by atoms with van der Waals surface area (Å²) in [5.74, 6) is -1.32. The van der Waals surface area contributed by atoms with Crippen LogP contribution < -0.4 is 0 Å². The van der Waals surface area contributed by atoms with Gasteiger partial charge in [0.15, 0.2) is 0 Å². The van der Waals surface area contributed by atoms with Gasteiger partial charge in [-0.3, -0.25) is 0 Å². The molecule has 1 heterocycles. The zero-order chi connectivity index (χ0) is 11.0. The molecule has 0 aliphatic heterocycles. The Morgan fingerprint density at radius 2 is 2.13 bits per heavy atom. The standard InChI is InChI=1S/C10H7ClN2O2/c1-5-7-4-6(11)2-3-8(7)13-9(12-5)10(14)15/h2-4H,1H3,(H,14,15). The van der Waals surface area contributed by atoms with E-state index < -0.39 is 5.97 Å². The number of aryl methyl sites for hydroxylation is 1. The molecule has 1 aromatic heterocycles. The lowest BCUT2D eigenvalue weighted by atomic mass is 10.2. The molecule has 2 rings (SSSR count). The van der Waals surface area contributed by atoms with Crippen LogP contribution in [0.1, 0.15) is 16.3 Å². The Morgan fingerprint density at radius 1 is 1.40 bits per heavy atom. The molecule has 1 N–H and O–H groups in total. The van der Waals surface area contributed by atoms with Crippen molar-refractivity contribution in [2.45, 2.75) is 6.92 Å². The SMILES string of the molecule is Cc1nc(C(=O)O)nc2ccc(Cl)cc12. The third kappa shape index (κ3) is 1.76. The van der Waals surface area contributed by atoms with Gasteiger partial charge in [0.25, 0.3) is 0 Å². The van der Waals surface area contributed by atoms with Crippen molar-refractivity contribution < 1.29 is 9.90 Å².